The Morgan fingerprint density at radius 2 is 1.78 bits per heavy atom. The molecule has 0 N–H and O–H groups in total. The average molecular weight is 500 g/mol. The number of hydrogen-bond donors (Lipinski definition) is 0. The summed E-state index contributed by atoms with van der Waals surface area (Å²) in [6, 6.07) is 0. The molecule has 0 aromatic rings. The van der Waals surface area contributed by atoms with E-state index >= 15 is 0 Å². The molecule has 1 amide bonds. The fourth-order valence-electron chi connectivity index (χ4n) is 6.04. The maximum Gasteiger partial charge on any atom is 0.255 e. The van der Waals surface area contributed by atoms with Crippen LogP contribution in [0.25, 0.3) is 0 Å². The first kappa shape index (κ1) is 25.7. The minimum atomic E-state index is 0.00959. The highest BCUT2D eigenvalue weighted by atomic mass is 16.2. The second-order valence-electron chi connectivity index (χ2n) is 11.2. The molecule has 1 fully saturated rings. The highest BCUT2D eigenvalue weighted by Crippen LogP contribution is 2.33. The quantitative estimate of drug-likeness (QED) is 0.521. The zero-order valence-electron chi connectivity index (χ0n) is 23.1. The summed E-state index contributed by atoms with van der Waals surface area (Å²) in [7, 11) is 2.18. The smallest absolute Gasteiger partial charge is 0.255 e. The van der Waals surface area contributed by atoms with Gasteiger partial charge < -0.3 is 9.80 Å². The third-order valence-electron chi connectivity index (χ3n) is 8.33. The van der Waals surface area contributed by atoms with Gasteiger partial charge in [-0.15, -0.1) is 0 Å². The summed E-state index contributed by atoms with van der Waals surface area (Å²) in [4.78, 5) is 30.3. The van der Waals surface area contributed by atoms with Gasteiger partial charge in [-0.1, -0.05) is 19.1 Å². The highest BCUT2D eigenvalue weighted by Gasteiger charge is 2.29. The Balaban J connectivity index is 1.47. The third-order valence-corrected chi connectivity index (χ3v) is 8.33. The first-order valence-electron chi connectivity index (χ1n) is 13.9. The molecule has 0 bridgehead atoms. The summed E-state index contributed by atoms with van der Waals surface area (Å²) in [5.41, 5.74) is 8.71. The Morgan fingerprint density at radius 1 is 0.946 bits per heavy atom. The van der Waals surface area contributed by atoms with Crippen molar-refractivity contribution in [3.63, 3.8) is 0 Å². The molecule has 2 unspecified atom stereocenters. The Bertz CT molecular complexity index is 1210. The topological polar surface area (TPSA) is 51.5 Å². The molecule has 0 aromatic carbocycles. The molecule has 0 aliphatic carbocycles. The van der Waals surface area contributed by atoms with Gasteiger partial charge in [-0.2, -0.15) is 0 Å². The minimum absolute atomic E-state index is 0.00959. The lowest BCUT2D eigenvalue weighted by Gasteiger charge is -2.33. The van der Waals surface area contributed by atoms with Crippen LogP contribution in [-0.2, 0) is 4.79 Å². The first-order valence-corrected chi connectivity index (χ1v) is 13.9. The molecule has 6 nitrogen and oxygen atoms in total. The summed E-state index contributed by atoms with van der Waals surface area (Å²) >= 11 is 0. The molecule has 6 heteroatoms. The number of nitrogens with zero attached hydrogens (tertiary/aromatic N) is 5. The standard InChI is InChI=1S/C31H41N5O/c1-21-7-10-30-22(2)17-26(35-14-6-13-34(5)15-16-35)20-36(30)31(37)19-27(21)29-18-28-24(4)33-23(3)8-9-25(28)11-12-32-29/h8,10,17-21,25H,6-7,9,11-16H2,1-5H3. The van der Waals surface area contributed by atoms with Crippen molar-refractivity contribution in [3.8, 4) is 0 Å². The zero-order valence-corrected chi connectivity index (χ0v) is 23.1. The molecule has 0 aromatic heterocycles. The molecule has 5 aliphatic heterocycles. The van der Waals surface area contributed by atoms with E-state index in [-0.39, 0.29) is 11.8 Å². The number of carbonyl (C=O) groups excluding carboxylic acids is 1. The molecule has 5 rings (SSSR count). The Hall–Kier alpha value is -2.99. The van der Waals surface area contributed by atoms with Gasteiger partial charge in [-0.3, -0.25) is 19.7 Å². The van der Waals surface area contributed by atoms with Gasteiger partial charge in [-0.05, 0) is 101 Å². The van der Waals surface area contributed by atoms with Crippen molar-refractivity contribution in [2.75, 3.05) is 39.8 Å². The lowest BCUT2D eigenvalue weighted by Crippen LogP contribution is -2.34. The summed E-state index contributed by atoms with van der Waals surface area (Å²) < 4.78 is 0. The van der Waals surface area contributed by atoms with Crippen LogP contribution in [0.2, 0.25) is 0 Å². The Morgan fingerprint density at radius 3 is 2.62 bits per heavy atom. The number of amides is 1. The van der Waals surface area contributed by atoms with Crippen LogP contribution in [0.15, 0.2) is 80.4 Å². The van der Waals surface area contributed by atoms with E-state index in [1.165, 1.54) is 5.57 Å². The predicted molar refractivity (Wildman–Crippen MR) is 152 cm³/mol. The van der Waals surface area contributed by atoms with E-state index < -0.39 is 0 Å². The van der Waals surface area contributed by atoms with Gasteiger partial charge in [-0.25, -0.2) is 0 Å². The second kappa shape index (κ2) is 10.8. The van der Waals surface area contributed by atoms with Gasteiger partial charge in [0.1, 0.15) is 0 Å². The lowest BCUT2D eigenvalue weighted by molar-refractivity contribution is -0.122. The normalized spacial score (nSPS) is 27.8. The van der Waals surface area contributed by atoms with Crippen LogP contribution in [0, 0.1) is 11.8 Å². The van der Waals surface area contributed by atoms with Crippen molar-refractivity contribution in [2.45, 2.75) is 53.4 Å². The molecule has 5 heterocycles. The van der Waals surface area contributed by atoms with Gasteiger partial charge in [0, 0.05) is 55.6 Å². The lowest BCUT2D eigenvalue weighted by atomic mass is 9.86. The fraction of sp³-hybridized carbons (Fsp3) is 0.516. The number of likely N-dealkylation sites (N-methyl/N-ethyl adjacent to an activating group) is 1. The van der Waals surface area contributed by atoms with Crippen molar-refractivity contribution in [1.82, 2.24) is 14.7 Å². The SMILES string of the molecule is CC1=CCC2CCN=C(C3=CC(=O)N4C=C(N5CCCN(C)CC5)C=C(C)C4=CCC3C)C=C2C(C)=N1. The van der Waals surface area contributed by atoms with E-state index in [2.05, 4.69) is 75.0 Å². The van der Waals surface area contributed by atoms with Crippen LogP contribution < -0.4 is 0 Å². The number of carbonyl (C=O) groups is 1. The number of aliphatic imine (C=N–C) groups is 2. The molecule has 1 saturated heterocycles. The van der Waals surface area contributed by atoms with Gasteiger partial charge in [0.05, 0.1) is 11.4 Å². The van der Waals surface area contributed by atoms with Crippen molar-refractivity contribution in [2.24, 2.45) is 21.8 Å². The molecule has 2 atom stereocenters. The fourth-order valence-corrected chi connectivity index (χ4v) is 6.04. The van der Waals surface area contributed by atoms with E-state index in [1.54, 1.807) is 0 Å². The van der Waals surface area contributed by atoms with Gasteiger partial charge in [0.2, 0.25) is 0 Å². The van der Waals surface area contributed by atoms with E-state index in [4.69, 9.17) is 9.98 Å². The van der Waals surface area contributed by atoms with Crippen LogP contribution in [0.3, 0.4) is 0 Å². The molecular formula is C31H41N5O. The molecule has 0 saturated carbocycles. The van der Waals surface area contributed by atoms with Crippen LogP contribution >= 0.6 is 0 Å². The van der Waals surface area contributed by atoms with Crippen LogP contribution in [0.4, 0.5) is 0 Å². The Labute approximate surface area is 222 Å². The van der Waals surface area contributed by atoms with Crippen LogP contribution in [0.5, 0.6) is 0 Å². The minimum Gasteiger partial charge on any atom is -0.369 e. The monoisotopic (exact) mass is 499 g/mol. The van der Waals surface area contributed by atoms with Crippen molar-refractivity contribution in [3.05, 3.63) is 70.4 Å². The Kier molecular flexibility index (Phi) is 7.47. The van der Waals surface area contributed by atoms with Crippen molar-refractivity contribution < 1.29 is 4.79 Å². The van der Waals surface area contributed by atoms with E-state index in [9.17, 15) is 4.79 Å². The molecule has 37 heavy (non-hydrogen) atoms. The zero-order chi connectivity index (χ0) is 26.1. The van der Waals surface area contributed by atoms with Gasteiger partial charge >= 0.3 is 0 Å². The van der Waals surface area contributed by atoms with E-state index in [0.29, 0.717) is 5.92 Å². The maximum atomic E-state index is 13.8. The van der Waals surface area contributed by atoms with Crippen LogP contribution in [-0.4, -0.2) is 71.8 Å². The van der Waals surface area contributed by atoms with Crippen LogP contribution in [0.1, 0.15) is 53.4 Å². The number of hydrogen-bond acceptors (Lipinski definition) is 5. The second-order valence-corrected chi connectivity index (χ2v) is 11.2. The van der Waals surface area contributed by atoms with E-state index in [0.717, 1.165) is 98.1 Å². The summed E-state index contributed by atoms with van der Waals surface area (Å²) in [5, 5.41) is 0. The number of rotatable bonds is 2. The van der Waals surface area contributed by atoms with Crippen molar-refractivity contribution >= 4 is 17.3 Å². The molecule has 0 radical (unpaired) electrons. The van der Waals surface area contributed by atoms with Crippen molar-refractivity contribution in [1.29, 1.82) is 0 Å². The molecule has 196 valence electrons. The summed E-state index contributed by atoms with van der Waals surface area (Å²) in [6.07, 6.45) is 16.9. The number of fused-ring (bicyclic) bond motifs is 2. The average Bonchev–Trinajstić information content (AvgIpc) is 3.26. The number of allylic oxidation sites excluding steroid dienone is 8. The molecular weight excluding hydrogens is 458 g/mol. The van der Waals surface area contributed by atoms with Gasteiger partial charge in [0.15, 0.2) is 0 Å². The highest BCUT2D eigenvalue weighted by molar-refractivity contribution is 6.16. The largest absolute Gasteiger partial charge is 0.369 e. The van der Waals surface area contributed by atoms with Gasteiger partial charge in [0.25, 0.3) is 5.91 Å². The molecule has 5 aliphatic rings. The third kappa shape index (κ3) is 5.49. The molecule has 0 spiro atoms. The summed E-state index contributed by atoms with van der Waals surface area (Å²) in [6.45, 7) is 13.4. The predicted octanol–water partition coefficient (Wildman–Crippen LogP) is 5.26. The van der Waals surface area contributed by atoms with E-state index in [1.807, 2.05) is 11.0 Å². The maximum absolute atomic E-state index is 13.8. The summed E-state index contributed by atoms with van der Waals surface area (Å²) in [5.74, 6) is 0.644. The first-order chi connectivity index (χ1) is 17.8.